The SMILES string of the molecule is [C-]#[N+]c1cccc(-c2cccc3c(-c4ccc5ccccc5c4)c4c(-c5cccc(C#N)c5)cccc4c(-c4ccc5ccccc5c4)c23)c1. The van der Waals surface area contributed by atoms with Crippen molar-refractivity contribution >= 4 is 48.8 Å². The molecule has 2 nitrogen and oxygen atoms in total. The first kappa shape index (κ1) is 29.2. The van der Waals surface area contributed by atoms with Gasteiger partial charge >= 0.3 is 0 Å². The summed E-state index contributed by atoms with van der Waals surface area (Å²) in [5, 5.41) is 19.2. The highest BCUT2D eigenvalue weighted by Crippen LogP contribution is 2.50. The molecule has 9 aromatic rings. The van der Waals surface area contributed by atoms with Gasteiger partial charge in [0.25, 0.3) is 0 Å². The summed E-state index contributed by atoms with van der Waals surface area (Å²) in [7, 11) is 0. The van der Waals surface area contributed by atoms with Gasteiger partial charge in [0, 0.05) is 0 Å². The summed E-state index contributed by atoms with van der Waals surface area (Å²) < 4.78 is 0. The fourth-order valence-corrected chi connectivity index (χ4v) is 7.60. The Bertz CT molecular complexity index is 2700. The Hall–Kier alpha value is -7.00. The molecular formula is C48H28N2. The van der Waals surface area contributed by atoms with E-state index >= 15 is 0 Å². The number of nitriles is 1. The normalized spacial score (nSPS) is 11.2. The standard InChI is InChI=1S/C48H28N2/c1-50-40-17-7-16-37(29-40)42-19-9-21-44-45(38-24-22-32-11-2-4-13-34(32)27-38)47-41(36-15-6-10-31(26-36)30-49)18-8-20-43(47)46(48(42)44)39-25-23-33-12-3-5-14-35(33)28-39/h2-29H. The molecule has 0 aliphatic carbocycles. The summed E-state index contributed by atoms with van der Waals surface area (Å²) in [5.74, 6) is 0. The third-order valence-electron chi connectivity index (χ3n) is 9.83. The number of nitrogens with zero attached hydrogens (tertiary/aromatic N) is 2. The van der Waals surface area contributed by atoms with Gasteiger partial charge < -0.3 is 0 Å². The summed E-state index contributed by atoms with van der Waals surface area (Å²) in [6.45, 7) is 7.78. The number of rotatable bonds is 4. The van der Waals surface area contributed by atoms with Crippen molar-refractivity contribution in [3.63, 3.8) is 0 Å². The first-order chi connectivity index (χ1) is 24.7. The second-order valence-electron chi connectivity index (χ2n) is 12.7. The van der Waals surface area contributed by atoms with E-state index in [-0.39, 0.29) is 0 Å². The fraction of sp³-hybridized carbons (Fsp3) is 0. The maximum Gasteiger partial charge on any atom is 0.187 e. The van der Waals surface area contributed by atoms with Gasteiger partial charge in [-0.25, -0.2) is 4.85 Å². The minimum absolute atomic E-state index is 0.613. The number of hydrogen-bond acceptors (Lipinski definition) is 1. The molecule has 0 amide bonds. The zero-order valence-electron chi connectivity index (χ0n) is 27.1. The maximum atomic E-state index is 9.88. The van der Waals surface area contributed by atoms with Gasteiger partial charge in [0.2, 0.25) is 0 Å². The largest absolute Gasteiger partial charge is 0.238 e. The van der Waals surface area contributed by atoms with Crippen molar-refractivity contribution in [2.45, 2.75) is 0 Å². The van der Waals surface area contributed by atoms with Crippen LogP contribution in [0.25, 0.3) is 92.4 Å². The van der Waals surface area contributed by atoms with Crippen LogP contribution in [-0.2, 0) is 0 Å². The Labute approximate surface area is 290 Å². The van der Waals surface area contributed by atoms with Crippen molar-refractivity contribution < 1.29 is 0 Å². The highest BCUT2D eigenvalue weighted by molar-refractivity contribution is 6.27. The second-order valence-corrected chi connectivity index (χ2v) is 12.7. The molecule has 2 heteroatoms. The third kappa shape index (κ3) is 4.79. The van der Waals surface area contributed by atoms with E-state index in [1.807, 2.05) is 36.4 Å². The zero-order chi connectivity index (χ0) is 33.6. The maximum absolute atomic E-state index is 9.88. The monoisotopic (exact) mass is 632 g/mol. The number of fused-ring (bicyclic) bond motifs is 4. The summed E-state index contributed by atoms with van der Waals surface area (Å²) in [4.78, 5) is 3.78. The molecule has 0 spiro atoms. The highest BCUT2D eigenvalue weighted by atomic mass is 14.6. The van der Waals surface area contributed by atoms with Gasteiger partial charge in [0.1, 0.15) is 0 Å². The molecule has 0 unspecified atom stereocenters. The first-order valence-electron chi connectivity index (χ1n) is 16.7. The van der Waals surface area contributed by atoms with Crippen LogP contribution in [0.1, 0.15) is 5.56 Å². The highest BCUT2D eigenvalue weighted by Gasteiger charge is 2.22. The number of benzene rings is 9. The van der Waals surface area contributed by atoms with Crippen LogP contribution in [-0.4, -0.2) is 0 Å². The van der Waals surface area contributed by atoms with Gasteiger partial charge in [-0.15, -0.1) is 0 Å². The molecule has 0 aliphatic rings. The lowest BCUT2D eigenvalue weighted by Crippen LogP contribution is -1.95. The Morgan fingerprint density at radius 1 is 0.420 bits per heavy atom. The summed E-state index contributed by atoms with van der Waals surface area (Å²) >= 11 is 0. The predicted octanol–water partition coefficient (Wildman–Crippen LogP) is 13.4. The van der Waals surface area contributed by atoms with E-state index in [9.17, 15) is 5.26 Å². The lowest BCUT2D eigenvalue weighted by molar-refractivity contribution is 1.48. The molecule has 0 saturated heterocycles. The molecule has 9 rings (SSSR count). The first-order valence-corrected chi connectivity index (χ1v) is 16.7. The Balaban J connectivity index is 1.52. The van der Waals surface area contributed by atoms with E-state index < -0.39 is 0 Å². The van der Waals surface area contributed by atoms with Crippen molar-refractivity contribution in [2.75, 3.05) is 0 Å². The smallest absolute Gasteiger partial charge is 0.187 e. The minimum Gasteiger partial charge on any atom is -0.238 e. The van der Waals surface area contributed by atoms with Crippen LogP contribution >= 0.6 is 0 Å². The lowest BCUT2D eigenvalue weighted by Gasteiger charge is -2.23. The van der Waals surface area contributed by atoms with E-state index in [2.05, 4.69) is 144 Å². The van der Waals surface area contributed by atoms with Gasteiger partial charge in [-0.05, 0) is 118 Å². The average molecular weight is 633 g/mol. The lowest BCUT2D eigenvalue weighted by atomic mass is 9.80. The molecule has 0 atom stereocenters. The molecule has 0 heterocycles. The summed E-state index contributed by atoms with van der Waals surface area (Å²) in [5.41, 5.74) is 9.95. The molecule has 0 aliphatic heterocycles. The van der Waals surface area contributed by atoms with Crippen LogP contribution in [0.5, 0.6) is 0 Å². The van der Waals surface area contributed by atoms with E-state index in [0.717, 1.165) is 66.1 Å². The molecule has 50 heavy (non-hydrogen) atoms. The second kappa shape index (κ2) is 11.9. The van der Waals surface area contributed by atoms with Gasteiger partial charge in [-0.1, -0.05) is 140 Å². The van der Waals surface area contributed by atoms with Gasteiger partial charge in [-0.2, -0.15) is 5.26 Å². The van der Waals surface area contributed by atoms with Gasteiger partial charge in [-0.3, -0.25) is 0 Å². The van der Waals surface area contributed by atoms with Crippen LogP contribution in [0, 0.1) is 17.9 Å². The van der Waals surface area contributed by atoms with E-state index in [4.69, 9.17) is 6.57 Å². The Morgan fingerprint density at radius 3 is 1.46 bits per heavy atom. The molecular weight excluding hydrogens is 605 g/mol. The van der Waals surface area contributed by atoms with Gasteiger partial charge in [0.05, 0.1) is 18.2 Å². The van der Waals surface area contributed by atoms with Crippen molar-refractivity contribution in [1.29, 1.82) is 5.26 Å². The molecule has 0 bridgehead atoms. The molecule has 9 aromatic carbocycles. The van der Waals surface area contributed by atoms with E-state index in [0.29, 0.717) is 11.3 Å². The van der Waals surface area contributed by atoms with E-state index in [1.54, 1.807) is 0 Å². The van der Waals surface area contributed by atoms with Crippen molar-refractivity contribution in [3.8, 4) is 50.6 Å². The quantitative estimate of drug-likeness (QED) is 0.140. The molecule has 0 radical (unpaired) electrons. The predicted molar refractivity (Wildman–Crippen MR) is 209 cm³/mol. The topological polar surface area (TPSA) is 28.1 Å². The Morgan fingerprint density at radius 2 is 0.920 bits per heavy atom. The van der Waals surface area contributed by atoms with Crippen LogP contribution < -0.4 is 0 Å². The van der Waals surface area contributed by atoms with Crippen molar-refractivity contribution in [1.82, 2.24) is 0 Å². The molecule has 0 saturated carbocycles. The zero-order valence-corrected chi connectivity index (χ0v) is 27.1. The van der Waals surface area contributed by atoms with Crippen molar-refractivity contribution in [2.24, 2.45) is 0 Å². The Kier molecular flexibility index (Phi) is 6.95. The molecule has 0 aromatic heterocycles. The van der Waals surface area contributed by atoms with Crippen molar-refractivity contribution in [3.05, 3.63) is 187 Å². The summed E-state index contributed by atoms with van der Waals surface area (Å²) in [6, 6.07) is 61.8. The number of hydrogen-bond donors (Lipinski definition) is 0. The fourth-order valence-electron chi connectivity index (χ4n) is 7.60. The average Bonchev–Trinajstić information content (AvgIpc) is 3.19. The van der Waals surface area contributed by atoms with Gasteiger partial charge in [0.15, 0.2) is 5.69 Å². The molecule has 230 valence electrons. The molecule has 0 N–H and O–H groups in total. The van der Waals surface area contributed by atoms with E-state index in [1.165, 1.54) is 21.5 Å². The van der Waals surface area contributed by atoms with Crippen LogP contribution in [0.15, 0.2) is 170 Å². The third-order valence-corrected chi connectivity index (χ3v) is 9.83. The summed E-state index contributed by atoms with van der Waals surface area (Å²) in [6.07, 6.45) is 0. The van der Waals surface area contributed by atoms with Crippen LogP contribution in [0.3, 0.4) is 0 Å². The minimum atomic E-state index is 0.613. The van der Waals surface area contributed by atoms with Crippen LogP contribution in [0.4, 0.5) is 5.69 Å². The molecule has 0 fully saturated rings. The van der Waals surface area contributed by atoms with Crippen LogP contribution in [0.2, 0.25) is 0 Å².